The number of rotatable bonds is 3. The second kappa shape index (κ2) is 8.66. The van der Waals surface area contributed by atoms with Crippen LogP contribution in [0.2, 0.25) is 0 Å². The van der Waals surface area contributed by atoms with Crippen LogP contribution in [0.3, 0.4) is 0 Å². The average Bonchev–Trinajstić information content (AvgIpc) is 2.69. The van der Waals surface area contributed by atoms with Gasteiger partial charge in [0.05, 0.1) is 11.1 Å². The van der Waals surface area contributed by atoms with E-state index in [4.69, 9.17) is 16.7 Å². The van der Waals surface area contributed by atoms with Gasteiger partial charge < -0.3 is 22.0 Å². The molecule has 0 aliphatic carbocycles. The molecule has 0 bridgehead atoms. The van der Waals surface area contributed by atoms with Crippen LogP contribution in [0.5, 0.6) is 0 Å². The first-order chi connectivity index (χ1) is 13.0. The normalized spacial score (nSPS) is 10.9. The van der Waals surface area contributed by atoms with Gasteiger partial charge in [0.15, 0.2) is 5.84 Å². The van der Waals surface area contributed by atoms with Gasteiger partial charge >= 0.3 is 0 Å². The minimum absolute atomic E-state index is 0.00822. The molecule has 27 heavy (non-hydrogen) atoms. The van der Waals surface area contributed by atoms with Crippen LogP contribution in [-0.4, -0.2) is 21.9 Å². The number of amides is 1. The van der Waals surface area contributed by atoms with Crippen molar-refractivity contribution in [3.63, 3.8) is 0 Å². The van der Waals surface area contributed by atoms with Crippen LogP contribution in [-0.2, 0) is 0 Å². The van der Waals surface area contributed by atoms with Crippen molar-refractivity contribution in [3.8, 4) is 0 Å². The summed E-state index contributed by atoms with van der Waals surface area (Å²) >= 11 is 0. The molecule has 0 saturated carbocycles. The Morgan fingerprint density at radius 2 is 1.85 bits per heavy atom. The molecule has 0 unspecified atom stereocenters. The van der Waals surface area contributed by atoms with Crippen LogP contribution in [0.4, 0.5) is 11.5 Å². The number of pyridine rings is 1. The van der Waals surface area contributed by atoms with E-state index in [-0.39, 0.29) is 17.6 Å². The number of nitrogens with one attached hydrogen (secondary N) is 1. The zero-order valence-corrected chi connectivity index (χ0v) is 15.5. The maximum Gasteiger partial charge on any atom is 0.256 e. The minimum atomic E-state index is -0.287. The van der Waals surface area contributed by atoms with Crippen molar-refractivity contribution in [1.29, 1.82) is 0 Å². The Labute approximate surface area is 157 Å². The maximum atomic E-state index is 12.7. The van der Waals surface area contributed by atoms with Crippen LogP contribution in [0.15, 0.2) is 53.7 Å². The standard InChI is InChI=1S/C18H17N5O2.C2H6/c1-10-8-11(17(20)23-25)6-7-14(10)22-18(24)13-9-16(19)21-15-5-3-2-4-12(13)15;1-2/h2-9,25H,1H3,(H2,19,21)(H2,20,23)(H,22,24);1-2H3. The molecular formula is C20H23N5O2. The molecule has 0 radical (unpaired) electrons. The van der Waals surface area contributed by atoms with Gasteiger partial charge in [0.25, 0.3) is 5.91 Å². The fraction of sp³-hybridized carbons (Fsp3) is 0.150. The quantitative estimate of drug-likeness (QED) is 0.244. The van der Waals surface area contributed by atoms with Crippen molar-refractivity contribution in [1.82, 2.24) is 4.98 Å². The number of aromatic nitrogens is 1. The first-order valence-corrected chi connectivity index (χ1v) is 8.55. The van der Waals surface area contributed by atoms with E-state index in [2.05, 4.69) is 15.5 Å². The van der Waals surface area contributed by atoms with Gasteiger partial charge in [-0.3, -0.25) is 4.79 Å². The van der Waals surface area contributed by atoms with E-state index in [9.17, 15) is 4.79 Å². The lowest BCUT2D eigenvalue weighted by molar-refractivity contribution is 0.102. The smallest absolute Gasteiger partial charge is 0.256 e. The van der Waals surface area contributed by atoms with Crippen LogP contribution in [0.1, 0.15) is 35.3 Å². The number of nitrogen functional groups attached to an aromatic ring is 1. The number of anilines is 2. The minimum Gasteiger partial charge on any atom is -0.409 e. The number of aryl methyl sites for hydroxylation is 1. The molecule has 7 nitrogen and oxygen atoms in total. The fourth-order valence-corrected chi connectivity index (χ4v) is 2.59. The number of benzene rings is 2. The van der Waals surface area contributed by atoms with E-state index >= 15 is 0 Å². The third-order valence-electron chi connectivity index (χ3n) is 3.86. The topological polar surface area (TPSA) is 127 Å². The lowest BCUT2D eigenvalue weighted by Gasteiger charge is -2.12. The molecule has 0 spiro atoms. The zero-order valence-electron chi connectivity index (χ0n) is 15.5. The summed E-state index contributed by atoms with van der Waals surface area (Å²) in [7, 11) is 0. The van der Waals surface area contributed by atoms with E-state index in [1.807, 2.05) is 39.0 Å². The number of amidine groups is 1. The molecule has 0 saturated heterocycles. The lowest BCUT2D eigenvalue weighted by Crippen LogP contribution is -2.16. The summed E-state index contributed by atoms with van der Waals surface area (Å²) in [6, 6.07) is 14.0. The molecule has 6 N–H and O–H groups in total. The zero-order chi connectivity index (χ0) is 20.0. The summed E-state index contributed by atoms with van der Waals surface area (Å²) in [4.78, 5) is 17.0. The van der Waals surface area contributed by atoms with Crippen LogP contribution in [0, 0.1) is 6.92 Å². The van der Waals surface area contributed by atoms with Crippen LogP contribution < -0.4 is 16.8 Å². The Kier molecular flexibility index (Phi) is 6.32. The highest BCUT2D eigenvalue weighted by atomic mass is 16.4. The van der Waals surface area contributed by atoms with Gasteiger partial charge in [-0.1, -0.05) is 37.2 Å². The predicted molar refractivity (Wildman–Crippen MR) is 109 cm³/mol. The number of carbonyl (C=O) groups is 1. The molecule has 140 valence electrons. The van der Waals surface area contributed by atoms with Crippen molar-refractivity contribution >= 4 is 34.2 Å². The van der Waals surface area contributed by atoms with Gasteiger partial charge in [-0.25, -0.2) is 4.98 Å². The van der Waals surface area contributed by atoms with Gasteiger partial charge in [0.1, 0.15) is 5.82 Å². The van der Waals surface area contributed by atoms with Crippen molar-refractivity contribution < 1.29 is 10.0 Å². The van der Waals surface area contributed by atoms with E-state index in [1.165, 1.54) is 0 Å². The van der Waals surface area contributed by atoms with Crippen LogP contribution in [0.25, 0.3) is 10.9 Å². The largest absolute Gasteiger partial charge is 0.409 e. The summed E-state index contributed by atoms with van der Waals surface area (Å²) in [5, 5.41) is 15.3. The van der Waals surface area contributed by atoms with Crippen molar-refractivity contribution in [3.05, 3.63) is 65.2 Å². The number of carbonyl (C=O) groups excluding carboxylic acids is 1. The van der Waals surface area contributed by atoms with Gasteiger partial charge in [0, 0.05) is 16.6 Å². The maximum absolute atomic E-state index is 12.7. The Hall–Kier alpha value is -3.61. The highest BCUT2D eigenvalue weighted by molar-refractivity contribution is 6.13. The number of fused-ring (bicyclic) bond motifs is 1. The molecule has 3 rings (SSSR count). The Balaban J connectivity index is 0.00000126. The van der Waals surface area contributed by atoms with Crippen LogP contribution >= 0.6 is 0 Å². The number of nitrogens with two attached hydrogens (primary N) is 2. The Bertz CT molecular complexity index is 999. The number of hydrogen-bond donors (Lipinski definition) is 4. The predicted octanol–water partition coefficient (Wildman–Crippen LogP) is 3.50. The first kappa shape index (κ1) is 19.7. The first-order valence-electron chi connectivity index (χ1n) is 8.55. The third-order valence-corrected chi connectivity index (χ3v) is 3.86. The number of para-hydroxylation sites is 1. The molecule has 0 aliphatic rings. The van der Waals surface area contributed by atoms with E-state index in [1.54, 1.807) is 30.3 Å². The molecule has 1 heterocycles. The van der Waals surface area contributed by atoms with E-state index in [0.717, 1.165) is 10.9 Å². The number of oxime groups is 1. The molecule has 1 aromatic heterocycles. The molecule has 3 aromatic rings. The van der Waals surface area contributed by atoms with Crippen molar-refractivity contribution in [2.45, 2.75) is 20.8 Å². The fourth-order valence-electron chi connectivity index (χ4n) is 2.59. The second-order valence-corrected chi connectivity index (χ2v) is 5.58. The summed E-state index contributed by atoms with van der Waals surface area (Å²) in [6.45, 7) is 5.82. The SMILES string of the molecule is CC.Cc1cc(/C(N)=N/O)ccc1NC(=O)c1cc(N)nc2ccccc12. The molecule has 7 heteroatoms. The summed E-state index contributed by atoms with van der Waals surface area (Å²) in [5.41, 5.74) is 14.5. The van der Waals surface area contributed by atoms with Gasteiger partial charge in [-0.2, -0.15) is 0 Å². The van der Waals surface area contributed by atoms with Gasteiger partial charge in [-0.15, -0.1) is 0 Å². The molecular weight excluding hydrogens is 342 g/mol. The lowest BCUT2D eigenvalue weighted by atomic mass is 10.1. The Morgan fingerprint density at radius 3 is 2.52 bits per heavy atom. The van der Waals surface area contributed by atoms with Gasteiger partial charge in [0.2, 0.25) is 0 Å². The van der Waals surface area contributed by atoms with Gasteiger partial charge in [-0.05, 0) is 42.8 Å². The average molecular weight is 365 g/mol. The summed E-state index contributed by atoms with van der Waals surface area (Å²) in [5.74, 6) is 0.00155. The molecule has 0 aliphatic heterocycles. The molecule has 1 amide bonds. The molecule has 0 fully saturated rings. The van der Waals surface area contributed by atoms with Crippen molar-refractivity contribution in [2.24, 2.45) is 10.9 Å². The highest BCUT2D eigenvalue weighted by Gasteiger charge is 2.14. The van der Waals surface area contributed by atoms with Crippen molar-refractivity contribution in [2.75, 3.05) is 11.1 Å². The second-order valence-electron chi connectivity index (χ2n) is 5.58. The van der Waals surface area contributed by atoms with E-state index in [0.29, 0.717) is 22.3 Å². The number of hydrogen-bond acceptors (Lipinski definition) is 5. The highest BCUT2D eigenvalue weighted by Crippen LogP contribution is 2.22. The van der Waals surface area contributed by atoms with E-state index < -0.39 is 0 Å². The molecule has 2 aromatic carbocycles. The Morgan fingerprint density at radius 1 is 1.15 bits per heavy atom. The number of nitrogens with zero attached hydrogens (tertiary/aromatic N) is 2. The monoisotopic (exact) mass is 365 g/mol. The third kappa shape index (κ3) is 4.33. The molecule has 0 atom stereocenters. The summed E-state index contributed by atoms with van der Waals surface area (Å²) in [6.07, 6.45) is 0. The summed E-state index contributed by atoms with van der Waals surface area (Å²) < 4.78 is 0.